The lowest BCUT2D eigenvalue weighted by Gasteiger charge is -2.06. The Labute approximate surface area is 109 Å². The Morgan fingerprint density at radius 2 is 2.18 bits per heavy atom. The van der Waals surface area contributed by atoms with Crippen molar-refractivity contribution < 1.29 is 14.2 Å². The van der Waals surface area contributed by atoms with Crippen LogP contribution >= 0.6 is 15.9 Å². The largest absolute Gasteiger partial charge is 0.394 e. The number of ether oxygens (including phenoxy) is 1. The number of rotatable bonds is 8. The van der Waals surface area contributed by atoms with Gasteiger partial charge in [0.15, 0.2) is 0 Å². The first-order valence-corrected chi connectivity index (χ1v) is 6.36. The summed E-state index contributed by atoms with van der Waals surface area (Å²) in [7, 11) is 0. The van der Waals surface area contributed by atoms with E-state index in [0.29, 0.717) is 24.2 Å². The third-order valence-corrected chi connectivity index (χ3v) is 2.80. The molecule has 1 aromatic carbocycles. The van der Waals surface area contributed by atoms with Gasteiger partial charge in [0, 0.05) is 13.2 Å². The number of aliphatic hydroxyl groups is 1. The molecule has 0 amide bonds. The summed E-state index contributed by atoms with van der Waals surface area (Å²) < 4.78 is 18.6. The molecule has 0 spiro atoms. The van der Waals surface area contributed by atoms with Gasteiger partial charge in [0.25, 0.3) is 0 Å². The Hall–Kier alpha value is -0.490. The molecule has 3 nitrogen and oxygen atoms in total. The molecule has 0 bridgehead atoms. The van der Waals surface area contributed by atoms with Crippen molar-refractivity contribution in [1.29, 1.82) is 0 Å². The minimum atomic E-state index is -0.244. The van der Waals surface area contributed by atoms with Crippen molar-refractivity contribution in [2.75, 3.05) is 26.4 Å². The van der Waals surface area contributed by atoms with Gasteiger partial charge in [-0.25, -0.2) is 4.39 Å². The molecule has 0 aliphatic rings. The van der Waals surface area contributed by atoms with Crippen LogP contribution in [-0.4, -0.2) is 31.5 Å². The molecule has 0 unspecified atom stereocenters. The molecule has 17 heavy (non-hydrogen) atoms. The smallest absolute Gasteiger partial charge is 0.137 e. The first-order chi connectivity index (χ1) is 8.24. The van der Waals surface area contributed by atoms with Gasteiger partial charge in [-0.3, -0.25) is 0 Å². The second-order valence-electron chi connectivity index (χ2n) is 3.61. The third-order valence-electron chi connectivity index (χ3n) is 2.19. The summed E-state index contributed by atoms with van der Waals surface area (Å²) in [6.07, 6.45) is 0.891. The summed E-state index contributed by atoms with van der Waals surface area (Å²) >= 11 is 3.15. The molecule has 1 aromatic rings. The monoisotopic (exact) mass is 305 g/mol. The quantitative estimate of drug-likeness (QED) is 0.723. The molecule has 96 valence electrons. The minimum absolute atomic E-state index is 0.0665. The van der Waals surface area contributed by atoms with Crippen LogP contribution in [0.1, 0.15) is 12.0 Å². The van der Waals surface area contributed by atoms with Crippen LogP contribution < -0.4 is 5.32 Å². The standard InChI is InChI=1S/C12H17BrFNO2/c13-11-8-10(2-3-12(11)14)9-15-4-1-6-17-7-5-16/h2-3,8,15-16H,1,4-7,9H2. The fourth-order valence-corrected chi connectivity index (χ4v) is 1.77. The molecule has 0 saturated heterocycles. The van der Waals surface area contributed by atoms with Gasteiger partial charge in [-0.15, -0.1) is 0 Å². The highest BCUT2D eigenvalue weighted by Crippen LogP contribution is 2.16. The van der Waals surface area contributed by atoms with Gasteiger partial charge < -0.3 is 15.2 Å². The van der Waals surface area contributed by atoms with Crippen LogP contribution in [0.2, 0.25) is 0 Å². The summed E-state index contributed by atoms with van der Waals surface area (Å²) in [5.41, 5.74) is 1.04. The topological polar surface area (TPSA) is 41.5 Å². The maximum Gasteiger partial charge on any atom is 0.137 e. The second kappa shape index (κ2) is 8.58. The van der Waals surface area contributed by atoms with Gasteiger partial charge >= 0.3 is 0 Å². The predicted molar refractivity (Wildman–Crippen MR) is 68.3 cm³/mol. The molecule has 0 fully saturated rings. The van der Waals surface area contributed by atoms with E-state index in [-0.39, 0.29) is 12.4 Å². The first-order valence-electron chi connectivity index (χ1n) is 5.57. The first kappa shape index (κ1) is 14.6. The lowest BCUT2D eigenvalue weighted by molar-refractivity contribution is 0.0907. The number of hydrogen-bond donors (Lipinski definition) is 2. The molecule has 2 N–H and O–H groups in total. The molecule has 0 aliphatic heterocycles. The summed E-state index contributed by atoms with van der Waals surface area (Å²) in [6.45, 7) is 2.64. The van der Waals surface area contributed by atoms with Crippen LogP contribution in [0.3, 0.4) is 0 Å². The second-order valence-corrected chi connectivity index (χ2v) is 4.47. The summed E-state index contributed by atoms with van der Waals surface area (Å²) in [5, 5.41) is 11.7. The van der Waals surface area contributed by atoms with Crippen LogP contribution in [0.25, 0.3) is 0 Å². The van der Waals surface area contributed by atoms with E-state index < -0.39 is 0 Å². The van der Waals surface area contributed by atoms with Crippen molar-refractivity contribution >= 4 is 15.9 Å². The highest BCUT2D eigenvalue weighted by Gasteiger charge is 1.99. The lowest BCUT2D eigenvalue weighted by atomic mass is 10.2. The molecule has 0 aliphatic carbocycles. The van der Waals surface area contributed by atoms with Gasteiger partial charge in [0.2, 0.25) is 0 Å². The van der Waals surface area contributed by atoms with Gasteiger partial charge in [-0.1, -0.05) is 6.07 Å². The lowest BCUT2D eigenvalue weighted by Crippen LogP contribution is -2.16. The molecule has 0 saturated carbocycles. The van der Waals surface area contributed by atoms with Crippen molar-refractivity contribution in [3.63, 3.8) is 0 Å². The molecule has 0 atom stereocenters. The molecule has 1 rings (SSSR count). The molecule has 0 aromatic heterocycles. The van der Waals surface area contributed by atoms with E-state index in [0.717, 1.165) is 18.5 Å². The van der Waals surface area contributed by atoms with E-state index >= 15 is 0 Å². The number of halogens is 2. The third kappa shape index (κ3) is 6.12. The van der Waals surface area contributed by atoms with E-state index in [2.05, 4.69) is 21.2 Å². The van der Waals surface area contributed by atoms with Gasteiger partial charge in [0.1, 0.15) is 5.82 Å². The van der Waals surface area contributed by atoms with Crippen LogP contribution in [-0.2, 0) is 11.3 Å². The highest BCUT2D eigenvalue weighted by atomic mass is 79.9. The maximum absolute atomic E-state index is 13.0. The molecule has 0 radical (unpaired) electrons. The van der Waals surface area contributed by atoms with Crippen molar-refractivity contribution in [2.45, 2.75) is 13.0 Å². The average Bonchev–Trinajstić information content (AvgIpc) is 2.32. The number of nitrogens with one attached hydrogen (secondary N) is 1. The van der Waals surface area contributed by atoms with E-state index in [1.54, 1.807) is 12.1 Å². The van der Waals surface area contributed by atoms with Crippen molar-refractivity contribution in [2.24, 2.45) is 0 Å². The Balaban J connectivity index is 2.11. The van der Waals surface area contributed by atoms with Crippen LogP contribution in [0.15, 0.2) is 22.7 Å². The van der Waals surface area contributed by atoms with E-state index in [4.69, 9.17) is 9.84 Å². The van der Waals surface area contributed by atoms with Gasteiger partial charge in [-0.2, -0.15) is 0 Å². The zero-order valence-corrected chi connectivity index (χ0v) is 11.2. The zero-order chi connectivity index (χ0) is 12.5. The normalized spacial score (nSPS) is 10.8. The Morgan fingerprint density at radius 3 is 2.88 bits per heavy atom. The van der Waals surface area contributed by atoms with Gasteiger partial charge in [-0.05, 0) is 46.6 Å². The average molecular weight is 306 g/mol. The highest BCUT2D eigenvalue weighted by molar-refractivity contribution is 9.10. The van der Waals surface area contributed by atoms with Crippen molar-refractivity contribution in [1.82, 2.24) is 5.32 Å². The maximum atomic E-state index is 13.0. The van der Waals surface area contributed by atoms with Crippen molar-refractivity contribution in [3.8, 4) is 0 Å². The SMILES string of the molecule is OCCOCCCNCc1ccc(F)c(Br)c1. The van der Waals surface area contributed by atoms with Gasteiger partial charge in [0.05, 0.1) is 17.7 Å². The molecule has 5 heteroatoms. The van der Waals surface area contributed by atoms with Crippen molar-refractivity contribution in [3.05, 3.63) is 34.1 Å². The predicted octanol–water partition coefficient (Wildman–Crippen LogP) is 2.08. The number of hydrogen-bond acceptors (Lipinski definition) is 3. The zero-order valence-electron chi connectivity index (χ0n) is 9.59. The number of benzene rings is 1. The summed E-state index contributed by atoms with van der Waals surface area (Å²) in [5.74, 6) is -0.244. The molecule has 0 heterocycles. The Bertz CT molecular complexity index is 336. The summed E-state index contributed by atoms with van der Waals surface area (Å²) in [4.78, 5) is 0. The van der Waals surface area contributed by atoms with E-state index in [9.17, 15) is 4.39 Å². The molecular weight excluding hydrogens is 289 g/mol. The Kier molecular flexibility index (Phi) is 7.35. The fraction of sp³-hybridized carbons (Fsp3) is 0.500. The van der Waals surface area contributed by atoms with E-state index in [1.165, 1.54) is 6.07 Å². The fourth-order valence-electron chi connectivity index (χ4n) is 1.35. The van der Waals surface area contributed by atoms with E-state index in [1.807, 2.05) is 0 Å². The minimum Gasteiger partial charge on any atom is -0.394 e. The Morgan fingerprint density at radius 1 is 1.35 bits per heavy atom. The van der Waals surface area contributed by atoms with Crippen LogP contribution in [0.4, 0.5) is 4.39 Å². The summed E-state index contributed by atoms with van der Waals surface area (Å²) in [6, 6.07) is 4.98. The number of aliphatic hydroxyl groups excluding tert-OH is 1. The van der Waals surface area contributed by atoms with Crippen LogP contribution in [0, 0.1) is 5.82 Å². The molecular formula is C12H17BrFNO2. The van der Waals surface area contributed by atoms with Crippen LogP contribution in [0.5, 0.6) is 0 Å².